The lowest BCUT2D eigenvalue weighted by atomic mass is 10.2. The van der Waals surface area contributed by atoms with E-state index in [1.165, 1.54) is 29.2 Å². The molecule has 2 heterocycles. The summed E-state index contributed by atoms with van der Waals surface area (Å²) in [7, 11) is 1.10. The molecule has 0 aliphatic heterocycles. The molecule has 2 aromatic heterocycles. The fraction of sp³-hybridized carbons (Fsp3) is 0.188. The van der Waals surface area contributed by atoms with E-state index in [0.29, 0.717) is 10.2 Å². The summed E-state index contributed by atoms with van der Waals surface area (Å²) < 4.78 is 53.8. The molecule has 142 valence electrons. The van der Waals surface area contributed by atoms with Gasteiger partial charge in [0.25, 0.3) is 5.91 Å². The van der Waals surface area contributed by atoms with Gasteiger partial charge < -0.3 is 5.32 Å². The van der Waals surface area contributed by atoms with Crippen LogP contribution in [0.5, 0.6) is 0 Å². The minimum atomic E-state index is -4.66. The van der Waals surface area contributed by atoms with Gasteiger partial charge in [0, 0.05) is 13.2 Å². The van der Waals surface area contributed by atoms with Gasteiger partial charge in [-0.3, -0.25) is 14.2 Å². The van der Waals surface area contributed by atoms with Crippen molar-refractivity contribution in [1.82, 2.24) is 19.6 Å². The second-order valence-corrected chi connectivity index (χ2v) is 6.44. The third-order valence-corrected chi connectivity index (χ3v) is 4.35. The molecule has 6 nitrogen and oxygen atoms in total. The van der Waals surface area contributed by atoms with E-state index in [9.17, 15) is 22.4 Å². The summed E-state index contributed by atoms with van der Waals surface area (Å²) in [5, 5.41) is 10.1. The van der Waals surface area contributed by atoms with Crippen LogP contribution in [0, 0.1) is 5.82 Å². The van der Waals surface area contributed by atoms with Crippen molar-refractivity contribution in [2.45, 2.75) is 12.7 Å². The first kappa shape index (κ1) is 19.1. The largest absolute Gasteiger partial charge is 0.434 e. The number of alkyl halides is 3. The maximum absolute atomic E-state index is 13.2. The molecule has 0 saturated heterocycles. The Labute approximate surface area is 158 Å². The van der Waals surface area contributed by atoms with Crippen LogP contribution in [-0.2, 0) is 19.8 Å². The molecule has 0 aliphatic carbocycles. The molecule has 3 rings (SSSR count). The molecular formula is C16H12BrF4N5O. The average Bonchev–Trinajstić information content (AvgIpc) is 3.10. The van der Waals surface area contributed by atoms with Crippen molar-refractivity contribution in [1.29, 1.82) is 0 Å². The number of nitrogens with zero attached hydrogens (tertiary/aromatic N) is 4. The maximum atomic E-state index is 13.2. The quantitative estimate of drug-likeness (QED) is 0.620. The van der Waals surface area contributed by atoms with E-state index in [2.05, 4.69) is 31.4 Å². The summed E-state index contributed by atoms with van der Waals surface area (Å²) in [5.41, 5.74) is -0.530. The second-order valence-electron chi connectivity index (χ2n) is 5.64. The number of benzene rings is 1. The Kier molecular flexibility index (Phi) is 5.05. The number of nitrogens with one attached hydrogen (secondary N) is 1. The molecule has 1 aromatic carbocycles. The third kappa shape index (κ3) is 4.18. The highest BCUT2D eigenvalue weighted by molar-refractivity contribution is 9.10. The Balaban J connectivity index is 1.75. The van der Waals surface area contributed by atoms with E-state index in [4.69, 9.17) is 0 Å². The van der Waals surface area contributed by atoms with E-state index in [-0.39, 0.29) is 18.0 Å². The smallest absolute Gasteiger partial charge is 0.318 e. The van der Waals surface area contributed by atoms with Gasteiger partial charge in [-0.15, -0.1) is 0 Å². The Morgan fingerprint density at radius 3 is 2.70 bits per heavy atom. The van der Waals surface area contributed by atoms with E-state index in [0.717, 1.165) is 7.05 Å². The van der Waals surface area contributed by atoms with Crippen molar-refractivity contribution in [3.05, 3.63) is 63.9 Å². The lowest BCUT2D eigenvalue weighted by molar-refractivity contribution is -0.144. The summed E-state index contributed by atoms with van der Waals surface area (Å²) in [5.74, 6) is -1.20. The maximum Gasteiger partial charge on any atom is 0.434 e. The first-order valence-corrected chi connectivity index (χ1v) is 8.32. The molecule has 0 radical (unpaired) electrons. The van der Waals surface area contributed by atoms with Gasteiger partial charge in [-0.25, -0.2) is 4.39 Å². The number of rotatable bonds is 4. The lowest BCUT2D eigenvalue weighted by Gasteiger charge is -2.06. The number of hydrogen-bond acceptors (Lipinski definition) is 3. The topological polar surface area (TPSA) is 64.7 Å². The van der Waals surface area contributed by atoms with Gasteiger partial charge in [0.2, 0.25) is 0 Å². The number of aryl methyl sites for hydroxylation is 1. The SMILES string of the molecule is Cn1nc(C(=O)Nc2cnn(Cc3cccc(F)c3)c2)c(Br)c1C(F)(F)F. The molecule has 0 atom stereocenters. The molecular weight excluding hydrogens is 434 g/mol. The number of amides is 1. The van der Waals surface area contributed by atoms with E-state index in [1.807, 2.05) is 0 Å². The van der Waals surface area contributed by atoms with Gasteiger partial charge in [-0.1, -0.05) is 12.1 Å². The Morgan fingerprint density at radius 2 is 2.07 bits per heavy atom. The summed E-state index contributed by atoms with van der Waals surface area (Å²) in [4.78, 5) is 12.3. The number of carbonyl (C=O) groups is 1. The van der Waals surface area contributed by atoms with Crippen molar-refractivity contribution in [3.63, 3.8) is 0 Å². The molecule has 1 amide bonds. The van der Waals surface area contributed by atoms with Gasteiger partial charge in [-0.05, 0) is 33.6 Å². The van der Waals surface area contributed by atoms with Gasteiger partial charge >= 0.3 is 6.18 Å². The molecule has 0 aliphatic rings. The highest BCUT2D eigenvalue weighted by atomic mass is 79.9. The summed E-state index contributed by atoms with van der Waals surface area (Å²) >= 11 is 2.79. The molecule has 3 aromatic rings. The minimum Gasteiger partial charge on any atom is -0.318 e. The number of aromatic nitrogens is 4. The summed E-state index contributed by atoms with van der Waals surface area (Å²) in [6.45, 7) is 0.263. The van der Waals surface area contributed by atoms with Crippen LogP contribution < -0.4 is 5.32 Å². The zero-order chi connectivity index (χ0) is 19.8. The monoisotopic (exact) mass is 445 g/mol. The highest BCUT2D eigenvalue weighted by Gasteiger charge is 2.39. The van der Waals surface area contributed by atoms with Crippen LogP contribution >= 0.6 is 15.9 Å². The minimum absolute atomic E-state index is 0.263. The van der Waals surface area contributed by atoms with Crippen LogP contribution in [0.25, 0.3) is 0 Å². The van der Waals surface area contributed by atoms with Crippen molar-refractivity contribution in [3.8, 4) is 0 Å². The van der Waals surface area contributed by atoms with Gasteiger partial charge in [0.15, 0.2) is 11.4 Å². The molecule has 11 heteroatoms. The van der Waals surface area contributed by atoms with Crippen LogP contribution in [0.3, 0.4) is 0 Å². The molecule has 0 unspecified atom stereocenters. The Bertz CT molecular complexity index is 995. The Hall–Kier alpha value is -2.69. The van der Waals surface area contributed by atoms with Crippen LogP contribution in [0.4, 0.5) is 23.2 Å². The fourth-order valence-electron chi connectivity index (χ4n) is 2.48. The second kappa shape index (κ2) is 7.14. The summed E-state index contributed by atoms with van der Waals surface area (Å²) in [6.07, 6.45) is -1.85. The zero-order valence-corrected chi connectivity index (χ0v) is 15.3. The predicted octanol–water partition coefficient (Wildman–Crippen LogP) is 3.84. The predicted molar refractivity (Wildman–Crippen MR) is 91.6 cm³/mol. The number of halogens is 5. The van der Waals surface area contributed by atoms with Gasteiger partial charge in [0.1, 0.15) is 5.82 Å². The molecule has 0 bridgehead atoms. The van der Waals surface area contributed by atoms with Crippen molar-refractivity contribution < 1.29 is 22.4 Å². The number of anilines is 1. The fourth-order valence-corrected chi connectivity index (χ4v) is 3.22. The van der Waals surface area contributed by atoms with Crippen molar-refractivity contribution in [2.24, 2.45) is 7.05 Å². The molecule has 0 saturated carbocycles. The Morgan fingerprint density at radius 1 is 1.33 bits per heavy atom. The molecule has 0 fully saturated rings. The lowest BCUT2D eigenvalue weighted by Crippen LogP contribution is -2.13. The summed E-state index contributed by atoms with van der Waals surface area (Å²) in [6, 6.07) is 5.95. The van der Waals surface area contributed by atoms with Crippen LogP contribution in [-0.4, -0.2) is 25.5 Å². The molecule has 1 N–H and O–H groups in total. The average molecular weight is 446 g/mol. The highest BCUT2D eigenvalue weighted by Crippen LogP contribution is 2.36. The standard InChI is InChI=1S/C16H12BrF4N5O/c1-25-14(16(19,20)21)12(17)13(24-25)15(27)23-11-6-22-26(8-11)7-9-3-2-4-10(18)5-9/h2-6,8H,7H2,1H3,(H,23,27). The van der Waals surface area contributed by atoms with Crippen LogP contribution in [0.1, 0.15) is 21.7 Å². The van der Waals surface area contributed by atoms with Crippen LogP contribution in [0.2, 0.25) is 0 Å². The number of carbonyl (C=O) groups excluding carboxylic acids is 1. The van der Waals surface area contributed by atoms with Gasteiger partial charge in [-0.2, -0.15) is 23.4 Å². The van der Waals surface area contributed by atoms with E-state index >= 15 is 0 Å². The molecule has 0 spiro atoms. The van der Waals surface area contributed by atoms with E-state index in [1.54, 1.807) is 12.1 Å². The van der Waals surface area contributed by atoms with Crippen molar-refractivity contribution in [2.75, 3.05) is 5.32 Å². The third-order valence-electron chi connectivity index (χ3n) is 3.60. The van der Waals surface area contributed by atoms with Crippen LogP contribution in [0.15, 0.2) is 41.1 Å². The first-order chi connectivity index (χ1) is 12.6. The first-order valence-electron chi connectivity index (χ1n) is 7.53. The zero-order valence-electron chi connectivity index (χ0n) is 13.8. The molecule has 27 heavy (non-hydrogen) atoms. The van der Waals surface area contributed by atoms with Gasteiger partial charge in [0.05, 0.1) is 22.9 Å². The van der Waals surface area contributed by atoms with E-state index < -0.39 is 27.9 Å². The normalized spacial score (nSPS) is 11.6. The number of hydrogen-bond donors (Lipinski definition) is 1. The van der Waals surface area contributed by atoms with Crippen molar-refractivity contribution >= 4 is 27.5 Å².